The summed E-state index contributed by atoms with van der Waals surface area (Å²) in [5.41, 5.74) is -0.00118. The van der Waals surface area contributed by atoms with Crippen molar-refractivity contribution in [3.8, 4) is 0 Å². The molecule has 0 unspecified atom stereocenters. The first kappa shape index (κ1) is 17.4. The summed E-state index contributed by atoms with van der Waals surface area (Å²) in [6, 6.07) is 2.40. The number of hydrogen-bond donors (Lipinski definition) is 1. The highest BCUT2D eigenvalue weighted by molar-refractivity contribution is 9.10. The van der Waals surface area contributed by atoms with Crippen LogP contribution in [0, 0.1) is 0 Å². The van der Waals surface area contributed by atoms with E-state index in [1.165, 1.54) is 6.07 Å². The van der Waals surface area contributed by atoms with Crippen LogP contribution in [0.5, 0.6) is 0 Å². The molecule has 0 aliphatic heterocycles. The van der Waals surface area contributed by atoms with E-state index >= 15 is 0 Å². The zero-order chi connectivity index (χ0) is 15.3. The van der Waals surface area contributed by atoms with Gasteiger partial charge in [-0.05, 0) is 35.0 Å². The second-order valence-corrected chi connectivity index (χ2v) is 6.38. The first-order valence-corrected chi connectivity index (χ1v) is 8.25. The number of carbonyl (C=O) groups is 1. The Morgan fingerprint density at radius 1 is 1.40 bits per heavy atom. The van der Waals surface area contributed by atoms with Gasteiger partial charge >= 0.3 is 5.97 Å². The minimum Gasteiger partial charge on any atom is -0.460 e. The van der Waals surface area contributed by atoms with Gasteiger partial charge in [0.25, 0.3) is 0 Å². The van der Waals surface area contributed by atoms with E-state index in [4.69, 9.17) is 26.2 Å². The predicted molar refractivity (Wildman–Crippen MR) is 77.3 cm³/mol. The number of esters is 1. The maximum Gasteiger partial charge on any atom is 0.338 e. The fourth-order valence-electron chi connectivity index (χ4n) is 1.31. The van der Waals surface area contributed by atoms with E-state index in [9.17, 15) is 13.2 Å². The zero-order valence-corrected chi connectivity index (χ0v) is 13.7. The van der Waals surface area contributed by atoms with Gasteiger partial charge in [-0.15, -0.1) is 0 Å². The van der Waals surface area contributed by atoms with Gasteiger partial charge in [0.05, 0.1) is 26.6 Å². The monoisotopic (exact) mass is 385 g/mol. The largest absolute Gasteiger partial charge is 0.460 e. The highest BCUT2D eigenvalue weighted by Crippen LogP contribution is 2.30. The van der Waals surface area contributed by atoms with Crippen molar-refractivity contribution in [1.82, 2.24) is 0 Å². The van der Waals surface area contributed by atoms with E-state index in [0.717, 1.165) is 6.07 Å². The Kier molecular flexibility index (Phi) is 6.41. The summed E-state index contributed by atoms with van der Waals surface area (Å²) in [6.45, 7) is 2.64. The molecule has 1 aromatic carbocycles. The van der Waals surface area contributed by atoms with Gasteiger partial charge in [-0.25, -0.2) is 18.4 Å². The first-order valence-electron chi connectivity index (χ1n) is 5.54. The van der Waals surface area contributed by atoms with Gasteiger partial charge in [0.1, 0.15) is 6.61 Å². The van der Waals surface area contributed by atoms with Crippen LogP contribution in [0.25, 0.3) is 0 Å². The molecular formula is C11H13BrClNO5S. The molecule has 9 heteroatoms. The van der Waals surface area contributed by atoms with Gasteiger partial charge in [-0.1, -0.05) is 11.6 Å². The van der Waals surface area contributed by atoms with E-state index in [2.05, 4.69) is 15.9 Å². The molecular weight excluding hydrogens is 374 g/mol. The smallest absolute Gasteiger partial charge is 0.338 e. The number of carbonyl (C=O) groups excluding carboxylic acids is 1. The average molecular weight is 387 g/mol. The van der Waals surface area contributed by atoms with Crippen LogP contribution in [-0.4, -0.2) is 34.2 Å². The number of nitrogens with two attached hydrogens (primary N) is 1. The lowest BCUT2D eigenvalue weighted by Crippen LogP contribution is -2.15. The topological polar surface area (TPSA) is 95.7 Å². The summed E-state index contributed by atoms with van der Waals surface area (Å²) in [4.78, 5) is 11.5. The molecule has 2 N–H and O–H groups in total. The minimum atomic E-state index is -4.00. The molecule has 0 atom stereocenters. The van der Waals surface area contributed by atoms with Crippen LogP contribution in [0.4, 0.5) is 0 Å². The molecule has 0 fully saturated rings. The number of sulfonamides is 1. The molecule has 1 rings (SSSR count). The summed E-state index contributed by atoms with van der Waals surface area (Å²) in [5, 5.41) is 5.10. The highest BCUT2D eigenvalue weighted by atomic mass is 79.9. The van der Waals surface area contributed by atoms with E-state index in [1.54, 1.807) is 0 Å². The van der Waals surface area contributed by atoms with Crippen molar-refractivity contribution >= 4 is 43.5 Å². The van der Waals surface area contributed by atoms with Crippen LogP contribution >= 0.6 is 27.5 Å². The van der Waals surface area contributed by atoms with Crippen molar-refractivity contribution in [3.05, 3.63) is 27.2 Å². The molecule has 0 radical (unpaired) electrons. The standard InChI is InChI=1S/C11H13BrClNO5S/c1-2-18-3-4-19-11(15)7-5-8(13)10(12)9(6-7)20(14,16)17/h5-6H,2-4H2,1H3,(H2,14,16,17). The highest BCUT2D eigenvalue weighted by Gasteiger charge is 2.20. The van der Waals surface area contributed by atoms with Crippen LogP contribution in [0.15, 0.2) is 21.5 Å². The summed E-state index contributed by atoms with van der Waals surface area (Å²) < 4.78 is 32.8. The quantitative estimate of drug-likeness (QED) is 0.595. The summed E-state index contributed by atoms with van der Waals surface area (Å²) >= 11 is 8.86. The summed E-state index contributed by atoms with van der Waals surface area (Å²) in [5.74, 6) is -0.705. The SMILES string of the molecule is CCOCCOC(=O)c1cc(Cl)c(Br)c(S(N)(=O)=O)c1. The van der Waals surface area contributed by atoms with Gasteiger partial charge in [0, 0.05) is 6.61 Å². The number of ether oxygens (including phenoxy) is 2. The van der Waals surface area contributed by atoms with Gasteiger partial charge < -0.3 is 9.47 Å². The second-order valence-electron chi connectivity index (χ2n) is 3.65. The summed E-state index contributed by atoms with van der Waals surface area (Å²) in [6.07, 6.45) is 0. The lowest BCUT2D eigenvalue weighted by atomic mass is 10.2. The Morgan fingerprint density at radius 3 is 2.60 bits per heavy atom. The number of primary sulfonamides is 1. The van der Waals surface area contributed by atoms with Gasteiger partial charge in [-0.2, -0.15) is 0 Å². The molecule has 0 saturated carbocycles. The molecule has 0 saturated heterocycles. The number of benzene rings is 1. The molecule has 20 heavy (non-hydrogen) atoms. The van der Waals surface area contributed by atoms with E-state index in [1.807, 2.05) is 6.92 Å². The third-order valence-corrected chi connectivity index (χ3v) is 4.78. The molecule has 0 aromatic heterocycles. The molecule has 0 aliphatic rings. The third-order valence-electron chi connectivity index (χ3n) is 2.20. The zero-order valence-electron chi connectivity index (χ0n) is 10.6. The Balaban J connectivity index is 2.97. The second kappa shape index (κ2) is 7.37. The van der Waals surface area contributed by atoms with Crippen LogP contribution < -0.4 is 5.14 Å². The molecule has 6 nitrogen and oxygen atoms in total. The third kappa shape index (κ3) is 4.71. The van der Waals surface area contributed by atoms with E-state index < -0.39 is 16.0 Å². The van der Waals surface area contributed by atoms with Crippen molar-refractivity contribution in [2.24, 2.45) is 5.14 Å². The molecule has 0 bridgehead atoms. The van der Waals surface area contributed by atoms with Gasteiger partial charge in [0.2, 0.25) is 10.0 Å². The lowest BCUT2D eigenvalue weighted by molar-refractivity contribution is 0.0335. The molecule has 0 aliphatic carbocycles. The maximum absolute atomic E-state index is 11.8. The molecule has 0 heterocycles. The Hall–Kier alpha value is -0.670. The fourth-order valence-corrected chi connectivity index (χ4v) is 3.14. The van der Waals surface area contributed by atoms with Crippen LogP contribution in [0.2, 0.25) is 5.02 Å². The molecule has 1 aromatic rings. The normalized spacial score (nSPS) is 11.4. The van der Waals surface area contributed by atoms with Crippen LogP contribution in [0.1, 0.15) is 17.3 Å². The lowest BCUT2D eigenvalue weighted by Gasteiger charge is -2.09. The predicted octanol–water partition coefficient (Wildman–Crippen LogP) is 1.94. The first-order chi connectivity index (χ1) is 9.27. The average Bonchev–Trinajstić information content (AvgIpc) is 2.36. The van der Waals surface area contributed by atoms with Crippen molar-refractivity contribution in [2.45, 2.75) is 11.8 Å². The number of rotatable bonds is 6. The number of halogens is 2. The Labute approximate surface area is 130 Å². The van der Waals surface area contributed by atoms with Crippen LogP contribution in [-0.2, 0) is 19.5 Å². The van der Waals surface area contributed by atoms with E-state index in [-0.39, 0.29) is 33.2 Å². The van der Waals surface area contributed by atoms with Crippen molar-refractivity contribution in [2.75, 3.05) is 19.8 Å². The number of hydrogen-bond acceptors (Lipinski definition) is 5. The fraction of sp³-hybridized carbons (Fsp3) is 0.364. The van der Waals surface area contributed by atoms with Gasteiger partial charge in [0.15, 0.2) is 0 Å². The Bertz CT molecular complexity index is 605. The summed E-state index contributed by atoms with van der Waals surface area (Å²) in [7, 11) is -4.00. The Morgan fingerprint density at radius 2 is 2.05 bits per heavy atom. The minimum absolute atomic E-state index is 0.00118. The van der Waals surface area contributed by atoms with Crippen LogP contribution in [0.3, 0.4) is 0 Å². The molecule has 0 spiro atoms. The van der Waals surface area contributed by atoms with Gasteiger partial charge in [-0.3, -0.25) is 0 Å². The van der Waals surface area contributed by atoms with Crippen molar-refractivity contribution in [1.29, 1.82) is 0 Å². The maximum atomic E-state index is 11.8. The van der Waals surface area contributed by atoms with Crippen molar-refractivity contribution in [3.63, 3.8) is 0 Å². The molecule has 0 amide bonds. The molecule has 112 valence electrons. The van der Waals surface area contributed by atoms with E-state index in [0.29, 0.717) is 6.61 Å². The van der Waals surface area contributed by atoms with Crippen molar-refractivity contribution < 1.29 is 22.7 Å².